The maximum atomic E-state index is 11.2. The van der Waals surface area contributed by atoms with Crippen LogP contribution in [0.4, 0.5) is 5.69 Å². The Morgan fingerprint density at radius 3 is 2.76 bits per heavy atom. The lowest BCUT2D eigenvalue weighted by Gasteiger charge is -2.17. The van der Waals surface area contributed by atoms with Crippen LogP contribution in [-0.4, -0.2) is 17.1 Å². The third kappa shape index (κ3) is 2.99. The quantitative estimate of drug-likeness (QED) is 0.794. The molecule has 1 atom stereocenters. The Kier molecular flexibility index (Phi) is 3.67. The molecule has 0 bridgehead atoms. The molecule has 0 aromatic heterocycles. The van der Waals surface area contributed by atoms with Gasteiger partial charge in [0.25, 0.3) is 0 Å². The van der Waals surface area contributed by atoms with Crippen LogP contribution < -0.4 is 5.32 Å². The van der Waals surface area contributed by atoms with E-state index < -0.39 is 12.0 Å². The minimum Gasteiger partial charge on any atom is -0.480 e. The molecular weight excluding hydrogens is 214 g/mol. The molecule has 1 aliphatic rings. The fourth-order valence-electron chi connectivity index (χ4n) is 2.13. The number of carboxylic acids is 1. The van der Waals surface area contributed by atoms with Crippen LogP contribution in [0.2, 0.25) is 0 Å². The second-order valence-corrected chi connectivity index (χ2v) is 4.70. The summed E-state index contributed by atoms with van der Waals surface area (Å²) in [6.45, 7) is 2.13. The van der Waals surface area contributed by atoms with E-state index in [1.54, 1.807) is 0 Å². The molecule has 1 aliphatic carbocycles. The smallest absolute Gasteiger partial charge is 0.326 e. The third-order valence-corrected chi connectivity index (χ3v) is 3.21. The van der Waals surface area contributed by atoms with Crippen LogP contribution in [0.25, 0.3) is 0 Å². The molecule has 3 heteroatoms. The summed E-state index contributed by atoms with van der Waals surface area (Å²) < 4.78 is 0. The highest BCUT2D eigenvalue weighted by Gasteiger charge is 2.36. The van der Waals surface area contributed by atoms with Crippen molar-refractivity contribution in [1.29, 1.82) is 0 Å². The molecule has 1 saturated carbocycles. The molecule has 0 spiro atoms. The number of aryl methyl sites for hydroxylation is 1. The maximum Gasteiger partial charge on any atom is 0.326 e. The molecule has 0 amide bonds. The highest BCUT2D eigenvalue weighted by molar-refractivity contribution is 5.78. The summed E-state index contributed by atoms with van der Waals surface area (Å²) in [6.07, 6.45) is 4.11. The second kappa shape index (κ2) is 5.21. The number of carbonyl (C=O) groups is 1. The average Bonchev–Trinajstić information content (AvgIpc) is 3.12. The van der Waals surface area contributed by atoms with Crippen molar-refractivity contribution in [2.24, 2.45) is 5.92 Å². The van der Waals surface area contributed by atoms with Gasteiger partial charge in [0.15, 0.2) is 0 Å². The van der Waals surface area contributed by atoms with Crippen molar-refractivity contribution in [1.82, 2.24) is 0 Å². The molecule has 0 heterocycles. The molecule has 1 aromatic rings. The predicted molar refractivity (Wildman–Crippen MR) is 68.2 cm³/mol. The first-order chi connectivity index (χ1) is 8.22. The zero-order valence-electron chi connectivity index (χ0n) is 10.1. The number of anilines is 1. The normalized spacial score (nSPS) is 16.5. The van der Waals surface area contributed by atoms with Gasteiger partial charge in [0, 0.05) is 5.69 Å². The molecule has 0 aliphatic heterocycles. The molecule has 17 heavy (non-hydrogen) atoms. The summed E-state index contributed by atoms with van der Waals surface area (Å²) in [5.41, 5.74) is 2.19. The number of rotatable bonds is 6. The Morgan fingerprint density at radius 2 is 2.18 bits per heavy atom. The monoisotopic (exact) mass is 233 g/mol. The number of benzene rings is 1. The molecule has 3 nitrogen and oxygen atoms in total. The summed E-state index contributed by atoms with van der Waals surface area (Å²) in [7, 11) is 0. The Hall–Kier alpha value is -1.51. The van der Waals surface area contributed by atoms with Crippen molar-refractivity contribution in [2.45, 2.75) is 38.6 Å². The first kappa shape index (κ1) is 12.0. The van der Waals surface area contributed by atoms with Gasteiger partial charge in [0.2, 0.25) is 0 Å². The van der Waals surface area contributed by atoms with Crippen LogP contribution in [0.3, 0.4) is 0 Å². The lowest BCUT2D eigenvalue weighted by Crippen LogP contribution is -2.31. The number of carboxylic acid groups (broad SMARTS) is 1. The molecule has 0 radical (unpaired) electrons. The molecule has 0 saturated heterocycles. The first-order valence-corrected chi connectivity index (χ1v) is 6.29. The Morgan fingerprint density at radius 1 is 1.47 bits per heavy atom. The van der Waals surface area contributed by atoms with E-state index in [9.17, 15) is 9.90 Å². The SMILES string of the molecule is CCCc1ccccc1NC(C(=O)O)C1CC1. The Balaban J connectivity index is 2.13. The van der Waals surface area contributed by atoms with Crippen molar-refractivity contribution in [3.63, 3.8) is 0 Å². The van der Waals surface area contributed by atoms with E-state index >= 15 is 0 Å². The van der Waals surface area contributed by atoms with E-state index in [0.717, 1.165) is 31.4 Å². The van der Waals surface area contributed by atoms with Gasteiger partial charge in [-0.15, -0.1) is 0 Å². The molecular formula is C14H19NO2. The molecule has 1 aromatic carbocycles. The number of hydrogen-bond acceptors (Lipinski definition) is 2. The van der Waals surface area contributed by atoms with E-state index in [1.807, 2.05) is 18.2 Å². The van der Waals surface area contributed by atoms with Gasteiger partial charge in [-0.1, -0.05) is 31.5 Å². The lowest BCUT2D eigenvalue weighted by atomic mass is 10.1. The number of nitrogens with one attached hydrogen (secondary N) is 1. The van der Waals surface area contributed by atoms with E-state index in [-0.39, 0.29) is 0 Å². The van der Waals surface area contributed by atoms with Gasteiger partial charge in [0.05, 0.1) is 0 Å². The number of aliphatic carboxylic acids is 1. The lowest BCUT2D eigenvalue weighted by molar-refractivity contribution is -0.138. The fraction of sp³-hybridized carbons (Fsp3) is 0.500. The van der Waals surface area contributed by atoms with Gasteiger partial charge in [-0.05, 0) is 36.8 Å². The highest BCUT2D eigenvalue weighted by Crippen LogP contribution is 2.35. The second-order valence-electron chi connectivity index (χ2n) is 4.70. The van der Waals surface area contributed by atoms with Gasteiger partial charge >= 0.3 is 5.97 Å². The first-order valence-electron chi connectivity index (χ1n) is 6.29. The van der Waals surface area contributed by atoms with Crippen LogP contribution in [0, 0.1) is 5.92 Å². The average molecular weight is 233 g/mol. The van der Waals surface area contributed by atoms with Crippen molar-refractivity contribution in [2.75, 3.05) is 5.32 Å². The summed E-state index contributed by atoms with van der Waals surface area (Å²) in [6, 6.07) is 7.57. The molecule has 2 N–H and O–H groups in total. The van der Waals surface area contributed by atoms with E-state index in [0.29, 0.717) is 5.92 Å². The Bertz CT molecular complexity index is 399. The minimum absolute atomic E-state index is 0.308. The molecule has 92 valence electrons. The third-order valence-electron chi connectivity index (χ3n) is 3.21. The zero-order valence-corrected chi connectivity index (χ0v) is 10.1. The number of para-hydroxylation sites is 1. The largest absolute Gasteiger partial charge is 0.480 e. The van der Waals surface area contributed by atoms with Crippen molar-refractivity contribution < 1.29 is 9.90 Å². The van der Waals surface area contributed by atoms with Crippen LogP contribution >= 0.6 is 0 Å². The van der Waals surface area contributed by atoms with E-state index in [4.69, 9.17) is 0 Å². The minimum atomic E-state index is -0.737. The van der Waals surface area contributed by atoms with Crippen LogP contribution in [0.5, 0.6) is 0 Å². The zero-order chi connectivity index (χ0) is 12.3. The summed E-state index contributed by atoms with van der Waals surface area (Å²) in [4.78, 5) is 11.2. The summed E-state index contributed by atoms with van der Waals surface area (Å²) >= 11 is 0. The standard InChI is InChI=1S/C14H19NO2/c1-2-5-10-6-3-4-7-12(10)15-13(14(16)17)11-8-9-11/h3-4,6-7,11,13,15H,2,5,8-9H2,1H3,(H,16,17). The van der Waals surface area contributed by atoms with Gasteiger partial charge in [-0.2, -0.15) is 0 Å². The maximum absolute atomic E-state index is 11.2. The van der Waals surface area contributed by atoms with Crippen LogP contribution in [0.1, 0.15) is 31.7 Å². The van der Waals surface area contributed by atoms with E-state index in [1.165, 1.54) is 5.56 Å². The van der Waals surface area contributed by atoms with Crippen molar-refractivity contribution >= 4 is 11.7 Å². The topological polar surface area (TPSA) is 49.3 Å². The van der Waals surface area contributed by atoms with Gasteiger partial charge in [0.1, 0.15) is 6.04 Å². The van der Waals surface area contributed by atoms with Gasteiger partial charge in [-0.25, -0.2) is 4.79 Å². The summed E-state index contributed by atoms with van der Waals surface area (Å²) in [5, 5.41) is 12.4. The molecule has 2 rings (SSSR count). The molecule has 1 unspecified atom stereocenters. The van der Waals surface area contributed by atoms with Crippen molar-refractivity contribution in [3.05, 3.63) is 29.8 Å². The van der Waals surface area contributed by atoms with E-state index in [2.05, 4.69) is 18.3 Å². The molecule has 1 fully saturated rings. The van der Waals surface area contributed by atoms with Gasteiger partial charge < -0.3 is 10.4 Å². The van der Waals surface area contributed by atoms with Crippen molar-refractivity contribution in [3.8, 4) is 0 Å². The predicted octanol–water partition coefficient (Wildman–Crippen LogP) is 2.91. The van der Waals surface area contributed by atoms with Crippen LogP contribution in [-0.2, 0) is 11.2 Å². The number of hydrogen-bond donors (Lipinski definition) is 2. The van der Waals surface area contributed by atoms with Crippen LogP contribution in [0.15, 0.2) is 24.3 Å². The highest BCUT2D eigenvalue weighted by atomic mass is 16.4. The van der Waals surface area contributed by atoms with Gasteiger partial charge in [-0.3, -0.25) is 0 Å². The Labute approximate surface area is 102 Å². The summed E-state index contributed by atoms with van der Waals surface area (Å²) in [5.74, 6) is -0.430. The fourth-order valence-corrected chi connectivity index (χ4v) is 2.13.